The fourth-order valence-corrected chi connectivity index (χ4v) is 3.60. The average molecular weight is 505 g/mol. The largest absolute Gasteiger partial charge is 0.356 e. The summed E-state index contributed by atoms with van der Waals surface area (Å²) in [6.07, 6.45) is 2.97. The average Bonchev–Trinajstić information content (AvgIpc) is 2.46. The minimum atomic E-state index is -2.92. The highest BCUT2D eigenvalue weighted by atomic mass is 127. The predicted molar refractivity (Wildman–Crippen MR) is 124 cm³/mol. The van der Waals surface area contributed by atoms with Crippen molar-refractivity contribution in [3.8, 4) is 0 Å². The summed E-state index contributed by atoms with van der Waals surface area (Å²) >= 11 is 0. The molecule has 2 N–H and O–H groups in total. The molecule has 6 nitrogen and oxygen atoms in total. The van der Waals surface area contributed by atoms with Crippen LogP contribution in [0.3, 0.4) is 0 Å². The van der Waals surface area contributed by atoms with Crippen molar-refractivity contribution in [2.45, 2.75) is 66.5 Å². The van der Waals surface area contributed by atoms with Crippen molar-refractivity contribution in [3.05, 3.63) is 0 Å². The topological polar surface area (TPSA) is 73.8 Å². The van der Waals surface area contributed by atoms with Crippen LogP contribution in [0, 0.1) is 5.41 Å². The van der Waals surface area contributed by atoms with E-state index in [0.29, 0.717) is 25.0 Å². The zero-order chi connectivity index (χ0) is 19.7. The number of rotatable bonds is 11. The lowest BCUT2D eigenvalue weighted by molar-refractivity contribution is 0.173. The monoisotopic (exact) mass is 504 g/mol. The van der Waals surface area contributed by atoms with Gasteiger partial charge < -0.3 is 10.6 Å². The minimum Gasteiger partial charge on any atom is -0.356 e. The van der Waals surface area contributed by atoms with Gasteiger partial charge >= 0.3 is 0 Å². The highest BCUT2D eigenvalue weighted by molar-refractivity contribution is 14.0. The Morgan fingerprint density at radius 3 is 2.08 bits per heavy atom. The number of hydrogen-bond donors (Lipinski definition) is 2. The quantitative estimate of drug-likeness (QED) is 0.196. The van der Waals surface area contributed by atoms with Crippen molar-refractivity contribution in [2.75, 3.05) is 38.7 Å². The maximum absolute atomic E-state index is 11.3. The van der Waals surface area contributed by atoms with Crippen molar-refractivity contribution < 1.29 is 8.42 Å². The van der Waals surface area contributed by atoms with E-state index in [9.17, 15) is 8.42 Å². The maximum atomic E-state index is 11.3. The predicted octanol–water partition coefficient (Wildman–Crippen LogP) is 2.74. The Balaban J connectivity index is 0. The van der Waals surface area contributed by atoms with Crippen LogP contribution in [0.25, 0.3) is 0 Å². The molecular weight excluding hydrogens is 463 g/mol. The molecule has 0 aromatic carbocycles. The zero-order valence-electron chi connectivity index (χ0n) is 17.9. The number of sulfone groups is 1. The van der Waals surface area contributed by atoms with Gasteiger partial charge in [0.1, 0.15) is 9.84 Å². The normalized spacial score (nSPS) is 13.3. The van der Waals surface area contributed by atoms with E-state index in [-0.39, 0.29) is 35.1 Å². The number of nitrogens with zero attached hydrogens (tertiary/aromatic N) is 2. The lowest BCUT2D eigenvalue weighted by atomic mass is 9.90. The summed E-state index contributed by atoms with van der Waals surface area (Å²) in [5.74, 6) is 0.988. The Morgan fingerprint density at radius 2 is 1.65 bits per heavy atom. The van der Waals surface area contributed by atoms with Gasteiger partial charge in [0.25, 0.3) is 0 Å². The fraction of sp³-hybridized carbons (Fsp3) is 0.944. The van der Waals surface area contributed by atoms with Gasteiger partial charge in [-0.1, -0.05) is 13.8 Å². The number of guanidine groups is 1. The van der Waals surface area contributed by atoms with Gasteiger partial charge in [-0.25, -0.2) is 8.42 Å². The lowest BCUT2D eigenvalue weighted by Crippen LogP contribution is -2.44. The van der Waals surface area contributed by atoms with Gasteiger partial charge in [0.15, 0.2) is 5.96 Å². The fourth-order valence-electron chi connectivity index (χ4n) is 2.67. The maximum Gasteiger partial charge on any atom is 0.190 e. The SMILES string of the molecule is CN=C(NCCCN(C(C)C)C(C)C)NCC(C)(C)CCS(C)(=O)=O.I. The van der Waals surface area contributed by atoms with Crippen LogP contribution in [0.4, 0.5) is 0 Å². The third-order valence-electron chi connectivity index (χ3n) is 4.32. The van der Waals surface area contributed by atoms with Crippen LogP contribution in [0.2, 0.25) is 0 Å². The van der Waals surface area contributed by atoms with E-state index in [4.69, 9.17) is 0 Å². The summed E-state index contributed by atoms with van der Waals surface area (Å²) in [6.45, 7) is 15.7. The Bertz CT molecular complexity index is 497. The molecule has 0 heterocycles. The number of hydrogen-bond acceptors (Lipinski definition) is 4. The highest BCUT2D eigenvalue weighted by Gasteiger charge is 2.20. The minimum absolute atomic E-state index is 0. The van der Waals surface area contributed by atoms with E-state index in [1.807, 2.05) is 0 Å². The number of nitrogens with one attached hydrogen (secondary N) is 2. The Morgan fingerprint density at radius 1 is 1.12 bits per heavy atom. The molecule has 0 aromatic heterocycles. The van der Waals surface area contributed by atoms with Crippen LogP contribution >= 0.6 is 24.0 Å². The molecule has 0 rings (SSSR count). The molecule has 0 spiro atoms. The van der Waals surface area contributed by atoms with Gasteiger partial charge in [-0.2, -0.15) is 0 Å². The molecule has 158 valence electrons. The number of aliphatic imine (C=N–C) groups is 1. The summed E-state index contributed by atoms with van der Waals surface area (Å²) in [4.78, 5) is 6.73. The highest BCUT2D eigenvalue weighted by Crippen LogP contribution is 2.19. The summed E-state index contributed by atoms with van der Waals surface area (Å²) in [5.41, 5.74) is -0.104. The third-order valence-corrected chi connectivity index (χ3v) is 5.27. The van der Waals surface area contributed by atoms with Gasteiger partial charge in [-0.05, 0) is 46.0 Å². The van der Waals surface area contributed by atoms with Crippen molar-refractivity contribution in [1.29, 1.82) is 0 Å². The molecule has 26 heavy (non-hydrogen) atoms. The van der Waals surface area contributed by atoms with Gasteiger partial charge in [-0.3, -0.25) is 9.89 Å². The summed E-state index contributed by atoms with van der Waals surface area (Å²) in [7, 11) is -1.16. The standard InChI is InChI=1S/C18H40N4O2S.HI/c1-15(2)22(16(3)4)12-9-11-20-17(19-7)21-14-18(5,6)10-13-25(8,23)24;/h15-16H,9-14H2,1-8H3,(H2,19,20,21);1H. The van der Waals surface area contributed by atoms with Crippen molar-refractivity contribution in [3.63, 3.8) is 0 Å². The van der Waals surface area contributed by atoms with E-state index in [2.05, 4.69) is 62.1 Å². The van der Waals surface area contributed by atoms with Crippen LogP contribution < -0.4 is 10.6 Å². The molecule has 0 saturated carbocycles. The Kier molecular flexibility index (Phi) is 14.2. The third kappa shape index (κ3) is 14.0. The van der Waals surface area contributed by atoms with Gasteiger partial charge in [0.2, 0.25) is 0 Å². The van der Waals surface area contributed by atoms with Gasteiger partial charge in [0, 0.05) is 45.0 Å². The molecule has 0 aliphatic heterocycles. The molecule has 0 aliphatic rings. The Hall–Kier alpha value is -0.0900. The first kappa shape index (κ1) is 28.1. The molecule has 8 heteroatoms. The number of halogens is 1. The molecule has 0 amide bonds. The molecular formula is C18H41IN4O2S. The van der Waals surface area contributed by atoms with Crippen molar-refractivity contribution >= 4 is 39.8 Å². The first-order chi connectivity index (χ1) is 11.4. The smallest absolute Gasteiger partial charge is 0.190 e. The van der Waals surface area contributed by atoms with Crippen LogP contribution in [-0.4, -0.2) is 70.1 Å². The van der Waals surface area contributed by atoms with E-state index in [1.54, 1.807) is 7.05 Å². The van der Waals surface area contributed by atoms with Gasteiger partial charge in [0.05, 0.1) is 5.75 Å². The first-order valence-electron chi connectivity index (χ1n) is 9.26. The summed E-state index contributed by atoms with van der Waals surface area (Å²) in [6, 6.07) is 1.10. The van der Waals surface area contributed by atoms with E-state index >= 15 is 0 Å². The van der Waals surface area contributed by atoms with E-state index in [1.165, 1.54) is 6.26 Å². The lowest BCUT2D eigenvalue weighted by Gasteiger charge is -2.30. The summed E-state index contributed by atoms with van der Waals surface area (Å²) < 4.78 is 22.7. The molecule has 0 unspecified atom stereocenters. The molecule has 0 aliphatic carbocycles. The molecule has 0 radical (unpaired) electrons. The zero-order valence-corrected chi connectivity index (χ0v) is 21.1. The van der Waals surface area contributed by atoms with Crippen LogP contribution in [0.1, 0.15) is 54.4 Å². The second kappa shape index (κ2) is 13.1. The van der Waals surface area contributed by atoms with Crippen molar-refractivity contribution in [2.24, 2.45) is 10.4 Å². The molecule has 0 fully saturated rings. The van der Waals surface area contributed by atoms with Crippen LogP contribution in [0.15, 0.2) is 4.99 Å². The second-order valence-corrected chi connectivity index (χ2v) is 10.4. The summed E-state index contributed by atoms with van der Waals surface area (Å²) in [5, 5.41) is 6.65. The van der Waals surface area contributed by atoms with Gasteiger partial charge in [-0.15, -0.1) is 24.0 Å². The van der Waals surface area contributed by atoms with Crippen molar-refractivity contribution in [1.82, 2.24) is 15.5 Å². The van der Waals surface area contributed by atoms with Crippen LogP contribution in [0.5, 0.6) is 0 Å². The first-order valence-corrected chi connectivity index (χ1v) is 11.3. The molecule has 0 atom stereocenters. The van der Waals surface area contributed by atoms with E-state index < -0.39 is 9.84 Å². The van der Waals surface area contributed by atoms with E-state index in [0.717, 1.165) is 25.5 Å². The second-order valence-electron chi connectivity index (χ2n) is 8.18. The molecule has 0 bridgehead atoms. The Labute approximate surface area is 178 Å². The molecule has 0 saturated heterocycles. The molecule has 0 aromatic rings. The van der Waals surface area contributed by atoms with Crippen LogP contribution in [-0.2, 0) is 9.84 Å².